The van der Waals surface area contributed by atoms with Crippen molar-refractivity contribution in [1.82, 2.24) is 5.32 Å². The zero-order valence-electron chi connectivity index (χ0n) is 11.4. The molecule has 106 valence electrons. The van der Waals surface area contributed by atoms with Gasteiger partial charge >= 0.3 is 0 Å². The number of carbonyl (C=O) groups excluding carboxylic acids is 1. The molecule has 0 bridgehead atoms. The summed E-state index contributed by atoms with van der Waals surface area (Å²) in [6, 6.07) is 7.65. The van der Waals surface area contributed by atoms with Crippen LogP contribution in [-0.2, 0) is 4.79 Å². The summed E-state index contributed by atoms with van der Waals surface area (Å²) in [5, 5.41) is 3.02. The van der Waals surface area contributed by atoms with Gasteiger partial charge in [-0.25, -0.2) is 0 Å². The Hall–Kier alpha value is -1.71. The van der Waals surface area contributed by atoms with E-state index in [0.29, 0.717) is 13.2 Å². The standard InChI is InChI=1S/C16H19NO3/c18-16(12-6-10-5-11(10)7-12)17-8-13-9-19-14-3-1-2-4-15(14)20-13/h1-4,10-13H,5-9H2,(H,17,18). The minimum Gasteiger partial charge on any atom is -0.486 e. The summed E-state index contributed by atoms with van der Waals surface area (Å²) in [4.78, 5) is 12.1. The molecule has 2 fully saturated rings. The minimum absolute atomic E-state index is 0.0928. The average Bonchev–Trinajstić information content (AvgIpc) is 3.10. The van der Waals surface area contributed by atoms with E-state index in [0.717, 1.165) is 36.2 Å². The van der Waals surface area contributed by atoms with Gasteiger partial charge in [0.25, 0.3) is 0 Å². The van der Waals surface area contributed by atoms with Crippen LogP contribution in [0.4, 0.5) is 0 Å². The topological polar surface area (TPSA) is 47.6 Å². The third kappa shape index (κ3) is 2.23. The highest BCUT2D eigenvalue weighted by Crippen LogP contribution is 2.54. The van der Waals surface area contributed by atoms with Gasteiger partial charge in [0.1, 0.15) is 12.7 Å². The van der Waals surface area contributed by atoms with Crippen LogP contribution in [0, 0.1) is 17.8 Å². The second kappa shape index (κ2) is 4.69. The summed E-state index contributed by atoms with van der Waals surface area (Å²) >= 11 is 0. The van der Waals surface area contributed by atoms with Gasteiger partial charge in [0, 0.05) is 5.92 Å². The Morgan fingerprint density at radius 2 is 1.90 bits per heavy atom. The Bertz CT molecular complexity index is 520. The number of benzene rings is 1. The molecule has 1 heterocycles. The number of hydrogen-bond donors (Lipinski definition) is 1. The first-order valence-electron chi connectivity index (χ1n) is 7.46. The van der Waals surface area contributed by atoms with Crippen molar-refractivity contribution in [1.29, 1.82) is 0 Å². The minimum atomic E-state index is -0.0928. The van der Waals surface area contributed by atoms with E-state index in [-0.39, 0.29) is 17.9 Å². The Morgan fingerprint density at radius 3 is 2.70 bits per heavy atom. The normalized spacial score (nSPS) is 33.4. The fourth-order valence-electron chi connectivity index (χ4n) is 3.45. The van der Waals surface area contributed by atoms with Crippen molar-refractivity contribution in [2.24, 2.45) is 17.8 Å². The summed E-state index contributed by atoms with van der Waals surface area (Å²) in [7, 11) is 0. The van der Waals surface area contributed by atoms with Crippen molar-refractivity contribution in [2.45, 2.75) is 25.4 Å². The van der Waals surface area contributed by atoms with Crippen molar-refractivity contribution in [3.05, 3.63) is 24.3 Å². The Kier molecular flexibility index (Phi) is 2.83. The quantitative estimate of drug-likeness (QED) is 0.916. The molecule has 1 aromatic carbocycles. The van der Waals surface area contributed by atoms with E-state index >= 15 is 0 Å². The lowest BCUT2D eigenvalue weighted by Crippen LogP contribution is -2.42. The number of para-hydroxylation sites is 2. The molecule has 4 heteroatoms. The number of nitrogens with one attached hydrogen (secondary N) is 1. The summed E-state index contributed by atoms with van der Waals surface area (Å²) < 4.78 is 11.5. The van der Waals surface area contributed by atoms with E-state index < -0.39 is 0 Å². The first kappa shape index (κ1) is 12.1. The number of amides is 1. The molecule has 4 rings (SSSR count). The van der Waals surface area contributed by atoms with Crippen LogP contribution >= 0.6 is 0 Å². The van der Waals surface area contributed by atoms with Crippen LogP contribution in [0.3, 0.4) is 0 Å². The van der Waals surface area contributed by atoms with Crippen LogP contribution in [0.1, 0.15) is 19.3 Å². The molecule has 0 aromatic heterocycles. The van der Waals surface area contributed by atoms with Crippen LogP contribution in [-0.4, -0.2) is 25.2 Å². The van der Waals surface area contributed by atoms with Gasteiger partial charge in [-0.05, 0) is 43.2 Å². The maximum atomic E-state index is 12.1. The largest absolute Gasteiger partial charge is 0.486 e. The molecule has 1 aliphatic heterocycles. The molecule has 1 aromatic rings. The first-order valence-corrected chi connectivity index (χ1v) is 7.46. The van der Waals surface area contributed by atoms with Gasteiger partial charge in [0.15, 0.2) is 11.5 Å². The highest BCUT2D eigenvalue weighted by atomic mass is 16.6. The summed E-state index contributed by atoms with van der Waals surface area (Å²) in [5.41, 5.74) is 0. The number of ether oxygens (including phenoxy) is 2. The molecule has 1 N–H and O–H groups in total. The molecule has 2 saturated carbocycles. The van der Waals surface area contributed by atoms with E-state index in [1.807, 2.05) is 24.3 Å². The lowest BCUT2D eigenvalue weighted by atomic mass is 10.0. The molecule has 2 aliphatic carbocycles. The SMILES string of the molecule is O=C(NCC1COc2ccccc2O1)C1CC2CC2C1. The van der Waals surface area contributed by atoms with E-state index in [9.17, 15) is 4.79 Å². The molecule has 3 aliphatic rings. The lowest BCUT2D eigenvalue weighted by Gasteiger charge is -2.27. The summed E-state index contributed by atoms with van der Waals surface area (Å²) in [5.74, 6) is 3.65. The summed E-state index contributed by atoms with van der Waals surface area (Å²) in [6.45, 7) is 1.02. The Balaban J connectivity index is 1.29. The second-order valence-corrected chi connectivity index (χ2v) is 6.17. The lowest BCUT2D eigenvalue weighted by molar-refractivity contribution is -0.125. The molecule has 20 heavy (non-hydrogen) atoms. The molecule has 3 unspecified atom stereocenters. The molecule has 4 nitrogen and oxygen atoms in total. The fraction of sp³-hybridized carbons (Fsp3) is 0.562. The number of fused-ring (bicyclic) bond motifs is 2. The van der Waals surface area contributed by atoms with E-state index in [2.05, 4.69) is 5.32 Å². The molecule has 0 spiro atoms. The van der Waals surface area contributed by atoms with Crippen LogP contribution in [0.25, 0.3) is 0 Å². The van der Waals surface area contributed by atoms with Gasteiger partial charge in [-0.15, -0.1) is 0 Å². The monoisotopic (exact) mass is 273 g/mol. The second-order valence-electron chi connectivity index (χ2n) is 6.17. The average molecular weight is 273 g/mol. The first-order chi connectivity index (χ1) is 9.79. The highest BCUT2D eigenvalue weighted by molar-refractivity contribution is 5.79. The third-order valence-corrected chi connectivity index (χ3v) is 4.69. The van der Waals surface area contributed by atoms with Crippen molar-refractivity contribution in [3.63, 3.8) is 0 Å². The molecule has 0 radical (unpaired) electrons. The van der Waals surface area contributed by atoms with Gasteiger partial charge < -0.3 is 14.8 Å². The molecule has 1 amide bonds. The summed E-state index contributed by atoms with van der Waals surface area (Å²) in [6.07, 6.45) is 3.42. The third-order valence-electron chi connectivity index (χ3n) is 4.69. The van der Waals surface area contributed by atoms with Crippen LogP contribution < -0.4 is 14.8 Å². The van der Waals surface area contributed by atoms with E-state index in [4.69, 9.17) is 9.47 Å². The van der Waals surface area contributed by atoms with Gasteiger partial charge in [0.2, 0.25) is 5.91 Å². The van der Waals surface area contributed by atoms with E-state index in [1.54, 1.807) is 0 Å². The maximum Gasteiger partial charge on any atom is 0.223 e. The van der Waals surface area contributed by atoms with Crippen molar-refractivity contribution in [2.75, 3.05) is 13.2 Å². The van der Waals surface area contributed by atoms with Crippen LogP contribution in [0.15, 0.2) is 24.3 Å². The van der Waals surface area contributed by atoms with Crippen molar-refractivity contribution in [3.8, 4) is 11.5 Å². The number of carbonyl (C=O) groups is 1. The Labute approximate surface area is 118 Å². The predicted molar refractivity (Wildman–Crippen MR) is 73.7 cm³/mol. The predicted octanol–water partition coefficient (Wildman–Crippen LogP) is 1.99. The zero-order chi connectivity index (χ0) is 13.5. The number of rotatable bonds is 3. The van der Waals surface area contributed by atoms with Crippen LogP contribution in [0.5, 0.6) is 11.5 Å². The molecular formula is C16H19NO3. The van der Waals surface area contributed by atoms with Gasteiger partial charge in [0.05, 0.1) is 6.54 Å². The van der Waals surface area contributed by atoms with Gasteiger partial charge in [-0.1, -0.05) is 12.1 Å². The molecule has 0 saturated heterocycles. The highest BCUT2D eigenvalue weighted by Gasteiger charge is 2.47. The molecule has 3 atom stereocenters. The smallest absolute Gasteiger partial charge is 0.223 e. The van der Waals surface area contributed by atoms with Crippen molar-refractivity contribution < 1.29 is 14.3 Å². The van der Waals surface area contributed by atoms with E-state index in [1.165, 1.54) is 6.42 Å². The van der Waals surface area contributed by atoms with Crippen molar-refractivity contribution >= 4 is 5.91 Å². The van der Waals surface area contributed by atoms with Crippen LogP contribution in [0.2, 0.25) is 0 Å². The van der Waals surface area contributed by atoms with Gasteiger partial charge in [-0.2, -0.15) is 0 Å². The molecular weight excluding hydrogens is 254 g/mol. The van der Waals surface area contributed by atoms with Gasteiger partial charge in [-0.3, -0.25) is 4.79 Å². The number of hydrogen-bond acceptors (Lipinski definition) is 3. The Morgan fingerprint density at radius 1 is 1.15 bits per heavy atom. The zero-order valence-corrected chi connectivity index (χ0v) is 11.4. The maximum absolute atomic E-state index is 12.1. The fourth-order valence-corrected chi connectivity index (χ4v) is 3.45.